The van der Waals surface area contributed by atoms with E-state index in [0.29, 0.717) is 34.9 Å². The molecule has 0 unspecified atom stereocenters. The van der Waals surface area contributed by atoms with Crippen LogP contribution in [0.2, 0.25) is 0 Å². The van der Waals surface area contributed by atoms with Crippen LogP contribution in [0.3, 0.4) is 0 Å². The molecule has 0 amide bonds. The molecule has 0 aliphatic heterocycles. The maximum absolute atomic E-state index is 6.68. The first-order valence-corrected chi connectivity index (χ1v) is 27.2. The van der Waals surface area contributed by atoms with Gasteiger partial charge in [-0.25, -0.2) is 29.9 Å². The van der Waals surface area contributed by atoms with Gasteiger partial charge in [-0.15, -0.1) is 0 Å². The second kappa shape index (κ2) is 20.5. The Kier molecular flexibility index (Phi) is 12.0. The Morgan fingerprint density at radius 3 is 1.13 bits per heavy atom. The lowest BCUT2D eigenvalue weighted by Gasteiger charge is -2.10. The Labute approximate surface area is 471 Å². The van der Waals surface area contributed by atoms with Gasteiger partial charge in [-0.1, -0.05) is 243 Å². The van der Waals surface area contributed by atoms with Crippen molar-refractivity contribution in [2.75, 3.05) is 0 Å². The minimum Gasteiger partial charge on any atom is -0.455 e. The van der Waals surface area contributed by atoms with Crippen molar-refractivity contribution in [2.24, 2.45) is 0 Å². The van der Waals surface area contributed by atoms with Gasteiger partial charge in [0.25, 0.3) is 0 Å². The van der Waals surface area contributed by atoms with Crippen molar-refractivity contribution in [3.8, 4) is 90.6 Å². The fourth-order valence-electron chi connectivity index (χ4n) is 11.0. The lowest BCUT2D eigenvalue weighted by molar-refractivity contribution is 0.672. The molecule has 0 fully saturated rings. The zero-order valence-electron chi connectivity index (χ0n) is 44.1. The molecule has 384 valence electrons. The Morgan fingerprint density at radius 2 is 0.585 bits per heavy atom. The van der Waals surface area contributed by atoms with Crippen molar-refractivity contribution in [3.63, 3.8) is 0 Å². The molecule has 0 aliphatic carbocycles. The summed E-state index contributed by atoms with van der Waals surface area (Å²) in [6.07, 6.45) is 0. The van der Waals surface area contributed by atoms with E-state index in [4.69, 9.17) is 38.7 Å². The fraction of sp³-hybridized carbons (Fsp3) is 0. The van der Waals surface area contributed by atoms with E-state index >= 15 is 0 Å². The summed E-state index contributed by atoms with van der Waals surface area (Å²) in [6, 6.07) is 94.9. The van der Waals surface area contributed by atoms with Crippen molar-refractivity contribution < 1.29 is 8.83 Å². The van der Waals surface area contributed by atoms with Crippen molar-refractivity contribution in [2.45, 2.75) is 0 Å². The van der Waals surface area contributed by atoms with Gasteiger partial charge in [-0.05, 0) is 63.9 Å². The number of fused-ring (bicyclic) bond motifs is 10. The van der Waals surface area contributed by atoms with Crippen LogP contribution in [0.4, 0.5) is 0 Å². The number of nitrogens with zero attached hydrogens (tertiary/aromatic N) is 6. The molecule has 12 aromatic carbocycles. The van der Waals surface area contributed by atoms with E-state index in [9.17, 15) is 0 Å². The summed E-state index contributed by atoms with van der Waals surface area (Å²) in [5, 5.41) is 8.60. The third-order valence-corrected chi connectivity index (χ3v) is 15.1. The van der Waals surface area contributed by atoms with Gasteiger partial charge < -0.3 is 8.83 Å². The highest BCUT2D eigenvalue weighted by atomic mass is 16.3. The molecule has 82 heavy (non-hydrogen) atoms. The highest BCUT2D eigenvalue weighted by Gasteiger charge is 2.20. The first-order valence-electron chi connectivity index (χ1n) is 27.2. The number of aromatic nitrogens is 6. The van der Waals surface area contributed by atoms with Gasteiger partial charge in [0, 0.05) is 71.3 Å². The van der Waals surface area contributed by atoms with Gasteiger partial charge in [0.1, 0.15) is 22.3 Å². The Bertz CT molecular complexity index is 4900. The maximum Gasteiger partial charge on any atom is 0.164 e. The summed E-state index contributed by atoms with van der Waals surface area (Å²) in [5.74, 6) is 3.85. The van der Waals surface area contributed by atoms with E-state index in [1.165, 1.54) is 11.1 Å². The van der Waals surface area contributed by atoms with E-state index in [2.05, 4.69) is 146 Å². The van der Waals surface area contributed by atoms with Gasteiger partial charge in [-0.2, -0.15) is 0 Å². The van der Waals surface area contributed by atoms with Crippen LogP contribution in [0.1, 0.15) is 0 Å². The zero-order chi connectivity index (χ0) is 54.3. The second-order valence-electron chi connectivity index (χ2n) is 20.1. The third kappa shape index (κ3) is 8.87. The quantitative estimate of drug-likeness (QED) is 0.148. The number of para-hydroxylation sites is 1. The van der Waals surface area contributed by atoms with Crippen LogP contribution < -0.4 is 0 Å². The SMILES string of the molecule is c1ccc(-c2ccc3oc4c5ccc(-c6nc(-c7ccccc7)nc(-c7ccccc7)n6)cc5ccc4c3c2)cc1.c1ccc(-c2nc(-c3ccccc3)nc(-c3cccc4c3ccc3c5cccc(-c6ccccc6)c5oc43)n2)cc1. The molecule has 0 spiro atoms. The average Bonchev–Trinajstić information content (AvgIpc) is 3.94. The molecule has 16 rings (SSSR count). The van der Waals surface area contributed by atoms with Crippen LogP contribution in [0, 0.1) is 0 Å². The topological polar surface area (TPSA) is 104 Å². The molecule has 0 aliphatic rings. The molecule has 8 nitrogen and oxygen atoms in total. The molecule has 0 radical (unpaired) electrons. The van der Waals surface area contributed by atoms with Gasteiger partial charge in [0.2, 0.25) is 0 Å². The van der Waals surface area contributed by atoms with E-state index in [-0.39, 0.29) is 0 Å². The minimum atomic E-state index is 0.628. The summed E-state index contributed by atoms with van der Waals surface area (Å²) >= 11 is 0. The van der Waals surface area contributed by atoms with E-state index < -0.39 is 0 Å². The summed E-state index contributed by atoms with van der Waals surface area (Å²) in [7, 11) is 0. The summed E-state index contributed by atoms with van der Waals surface area (Å²) in [5.41, 5.74) is 13.8. The second-order valence-corrected chi connectivity index (χ2v) is 20.1. The van der Waals surface area contributed by atoms with Crippen LogP contribution in [0.15, 0.2) is 288 Å². The van der Waals surface area contributed by atoms with Crippen LogP contribution in [-0.2, 0) is 0 Å². The maximum atomic E-state index is 6.68. The molecule has 16 aromatic rings. The molecule has 0 saturated carbocycles. The molecule has 0 bridgehead atoms. The van der Waals surface area contributed by atoms with Crippen LogP contribution in [0.25, 0.3) is 156 Å². The average molecular weight is 1050 g/mol. The van der Waals surface area contributed by atoms with Crippen molar-refractivity contribution in [3.05, 3.63) is 279 Å². The fourth-order valence-corrected chi connectivity index (χ4v) is 11.0. The van der Waals surface area contributed by atoms with E-state index in [1.54, 1.807) is 0 Å². The zero-order valence-corrected chi connectivity index (χ0v) is 44.1. The van der Waals surface area contributed by atoms with Crippen molar-refractivity contribution in [1.82, 2.24) is 29.9 Å². The third-order valence-electron chi connectivity index (χ3n) is 15.1. The molecular formula is C74H46N6O2. The molecule has 4 aromatic heterocycles. The van der Waals surface area contributed by atoms with Crippen LogP contribution >= 0.6 is 0 Å². The molecular weight excluding hydrogens is 1000 g/mol. The minimum absolute atomic E-state index is 0.628. The molecule has 8 heteroatoms. The predicted octanol–water partition coefficient (Wildman–Crippen LogP) is 19.2. The number of benzene rings is 12. The number of hydrogen-bond acceptors (Lipinski definition) is 8. The highest BCUT2D eigenvalue weighted by Crippen LogP contribution is 2.42. The largest absolute Gasteiger partial charge is 0.455 e. The molecule has 0 saturated heterocycles. The highest BCUT2D eigenvalue weighted by molar-refractivity contribution is 6.19. The Morgan fingerprint density at radius 1 is 0.195 bits per heavy atom. The molecule has 4 heterocycles. The molecule has 0 N–H and O–H groups in total. The Hall–Kier alpha value is -11.2. The summed E-state index contributed by atoms with van der Waals surface area (Å²) < 4.78 is 13.1. The first-order chi connectivity index (χ1) is 40.6. The van der Waals surface area contributed by atoms with Gasteiger partial charge in [0.15, 0.2) is 34.9 Å². The van der Waals surface area contributed by atoms with Crippen molar-refractivity contribution in [1.29, 1.82) is 0 Å². The predicted molar refractivity (Wildman–Crippen MR) is 333 cm³/mol. The van der Waals surface area contributed by atoms with Crippen LogP contribution in [0.5, 0.6) is 0 Å². The number of rotatable bonds is 8. The molecule has 0 atom stereocenters. The first kappa shape index (κ1) is 47.9. The lowest BCUT2D eigenvalue weighted by Crippen LogP contribution is -2.00. The van der Waals surface area contributed by atoms with Gasteiger partial charge in [0.05, 0.1) is 0 Å². The standard InChI is InChI=1S/2C37H23N3O/c1-4-12-24(13-5-1)27-18-10-20-30-31-23-22-28-29(34(31)41-33(27)30)19-11-21-32(28)37-39-35(25-14-6-2-7-15-25)38-36(40-37)26-16-8-3-9-17-26;1-4-10-24(11-5-1)27-18-21-33-32(23-27)31-20-16-28-22-29(17-19-30(28)34(31)41-33)37-39-35(25-12-6-2-7-13-25)38-36(40-37)26-14-8-3-9-15-26/h2*1-23H. The van der Waals surface area contributed by atoms with E-state index in [1.807, 2.05) is 133 Å². The van der Waals surface area contributed by atoms with Crippen LogP contribution in [-0.4, -0.2) is 29.9 Å². The monoisotopic (exact) mass is 1050 g/mol. The van der Waals surface area contributed by atoms with Gasteiger partial charge in [-0.3, -0.25) is 0 Å². The van der Waals surface area contributed by atoms with Crippen molar-refractivity contribution >= 4 is 65.4 Å². The number of furan rings is 2. The van der Waals surface area contributed by atoms with E-state index in [0.717, 1.165) is 110 Å². The normalized spacial score (nSPS) is 11.4. The lowest BCUT2D eigenvalue weighted by atomic mass is 9.99. The smallest absolute Gasteiger partial charge is 0.164 e. The number of hydrogen-bond donors (Lipinski definition) is 0. The summed E-state index contributed by atoms with van der Waals surface area (Å²) in [6.45, 7) is 0. The van der Waals surface area contributed by atoms with Gasteiger partial charge >= 0.3 is 0 Å². The summed E-state index contributed by atoms with van der Waals surface area (Å²) in [4.78, 5) is 29.4. The Balaban J connectivity index is 0.000000140.